The number of hydrogen-bond acceptors (Lipinski definition) is 3. The van der Waals surface area contributed by atoms with Crippen LogP contribution in [0.4, 0.5) is 5.69 Å². The molecule has 1 aromatic rings. The molecule has 0 fully saturated rings. The average molecular weight is 358 g/mol. The van der Waals surface area contributed by atoms with Crippen LogP contribution < -0.4 is 5.73 Å². The van der Waals surface area contributed by atoms with E-state index in [0.717, 1.165) is 4.31 Å². The topological polar surface area (TPSA) is 63.4 Å². The Bertz CT molecular complexity index is 486. The van der Waals surface area contributed by atoms with Crippen LogP contribution in [0.15, 0.2) is 26.0 Å². The number of benzene rings is 1. The molecule has 84 valence electrons. The molecule has 0 radical (unpaired) electrons. The number of nitrogens with zero attached hydrogens (tertiary/aromatic N) is 1. The quantitative estimate of drug-likeness (QED) is 0.824. The van der Waals surface area contributed by atoms with Gasteiger partial charge in [-0.1, -0.05) is 0 Å². The second-order valence-corrected chi connectivity index (χ2v) is 6.92. The number of sulfonamides is 1. The van der Waals surface area contributed by atoms with E-state index in [4.69, 9.17) is 5.73 Å². The molecule has 0 aliphatic heterocycles. The van der Waals surface area contributed by atoms with Crippen LogP contribution in [0.1, 0.15) is 0 Å². The van der Waals surface area contributed by atoms with E-state index >= 15 is 0 Å². The van der Waals surface area contributed by atoms with E-state index in [1.807, 2.05) is 0 Å². The minimum absolute atomic E-state index is 0.188. The highest BCUT2D eigenvalue weighted by atomic mass is 79.9. The molecule has 0 saturated carbocycles. The van der Waals surface area contributed by atoms with E-state index in [1.54, 1.807) is 6.07 Å². The molecule has 1 aromatic carbocycles. The molecular formula is C8H10Br2N2O2S. The summed E-state index contributed by atoms with van der Waals surface area (Å²) in [6.45, 7) is 0. The maximum Gasteiger partial charge on any atom is 0.243 e. The van der Waals surface area contributed by atoms with Crippen molar-refractivity contribution in [1.82, 2.24) is 4.31 Å². The highest BCUT2D eigenvalue weighted by molar-refractivity contribution is 9.11. The largest absolute Gasteiger partial charge is 0.398 e. The summed E-state index contributed by atoms with van der Waals surface area (Å²) in [5.74, 6) is 0. The Morgan fingerprint density at radius 2 is 1.73 bits per heavy atom. The summed E-state index contributed by atoms with van der Waals surface area (Å²) in [5.41, 5.74) is 6.11. The zero-order valence-corrected chi connectivity index (χ0v) is 12.1. The van der Waals surface area contributed by atoms with Crippen molar-refractivity contribution < 1.29 is 8.42 Å². The molecular weight excluding hydrogens is 348 g/mol. The van der Waals surface area contributed by atoms with E-state index < -0.39 is 10.0 Å². The number of hydrogen-bond donors (Lipinski definition) is 1. The molecule has 4 nitrogen and oxygen atoms in total. The second-order valence-electron chi connectivity index (χ2n) is 3.09. The van der Waals surface area contributed by atoms with Gasteiger partial charge in [-0.2, -0.15) is 0 Å². The van der Waals surface area contributed by atoms with Crippen molar-refractivity contribution in [2.75, 3.05) is 19.8 Å². The van der Waals surface area contributed by atoms with E-state index in [9.17, 15) is 8.42 Å². The maximum atomic E-state index is 11.9. The highest BCUT2D eigenvalue weighted by Crippen LogP contribution is 2.31. The normalized spacial score (nSPS) is 12.1. The number of rotatable bonds is 2. The second kappa shape index (κ2) is 4.40. The van der Waals surface area contributed by atoms with Crippen molar-refractivity contribution in [3.8, 4) is 0 Å². The third-order valence-electron chi connectivity index (χ3n) is 1.81. The predicted molar refractivity (Wildman–Crippen MR) is 67.1 cm³/mol. The number of nitrogen functional groups attached to an aromatic ring is 1. The van der Waals surface area contributed by atoms with Gasteiger partial charge in [0.05, 0.1) is 4.90 Å². The summed E-state index contributed by atoms with van der Waals surface area (Å²) in [6.07, 6.45) is 0. The molecule has 0 aliphatic rings. The Kier molecular flexibility index (Phi) is 3.80. The van der Waals surface area contributed by atoms with Gasteiger partial charge in [-0.15, -0.1) is 0 Å². The Labute approximate surface area is 106 Å². The van der Waals surface area contributed by atoms with Crippen LogP contribution in [0.3, 0.4) is 0 Å². The smallest absolute Gasteiger partial charge is 0.243 e. The van der Waals surface area contributed by atoms with Gasteiger partial charge in [0.1, 0.15) is 0 Å². The Balaban J connectivity index is 3.46. The van der Waals surface area contributed by atoms with Crippen LogP contribution in [0.25, 0.3) is 0 Å². The molecule has 0 unspecified atom stereocenters. The molecule has 0 heterocycles. The predicted octanol–water partition coefficient (Wildman–Crippen LogP) is 2.04. The first kappa shape index (κ1) is 13.0. The fourth-order valence-corrected chi connectivity index (χ4v) is 3.37. The Morgan fingerprint density at radius 3 is 2.20 bits per heavy atom. The van der Waals surface area contributed by atoms with Crippen molar-refractivity contribution in [2.45, 2.75) is 4.90 Å². The van der Waals surface area contributed by atoms with Gasteiger partial charge < -0.3 is 5.73 Å². The van der Waals surface area contributed by atoms with Crippen molar-refractivity contribution in [2.24, 2.45) is 0 Å². The van der Waals surface area contributed by atoms with E-state index in [0.29, 0.717) is 14.6 Å². The summed E-state index contributed by atoms with van der Waals surface area (Å²) in [6, 6.07) is 3.04. The molecule has 0 bridgehead atoms. The molecule has 0 amide bonds. The summed E-state index contributed by atoms with van der Waals surface area (Å²) in [4.78, 5) is 0.188. The lowest BCUT2D eigenvalue weighted by molar-refractivity contribution is 0.520. The summed E-state index contributed by atoms with van der Waals surface area (Å²) in [7, 11) is -0.490. The monoisotopic (exact) mass is 356 g/mol. The third-order valence-corrected chi connectivity index (χ3v) is 5.27. The zero-order valence-electron chi connectivity index (χ0n) is 8.16. The lowest BCUT2D eigenvalue weighted by Gasteiger charge is -2.13. The van der Waals surface area contributed by atoms with E-state index in [1.165, 1.54) is 20.2 Å². The lowest BCUT2D eigenvalue weighted by atomic mass is 10.3. The highest BCUT2D eigenvalue weighted by Gasteiger charge is 2.21. The van der Waals surface area contributed by atoms with Crippen LogP contribution >= 0.6 is 31.9 Å². The summed E-state index contributed by atoms with van der Waals surface area (Å²) >= 11 is 6.37. The van der Waals surface area contributed by atoms with Crippen LogP contribution in [0.5, 0.6) is 0 Å². The zero-order chi connectivity index (χ0) is 11.8. The van der Waals surface area contributed by atoms with Crippen molar-refractivity contribution in [3.05, 3.63) is 21.1 Å². The molecule has 0 saturated heterocycles. The van der Waals surface area contributed by atoms with E-state index in [2.05, 4.69) is 31.9 Å². The first-order chi connectivity index (χ1) is 6.76. The number of halogens is 2. The van der Waals surface area contributed by atoms with Crippen LogP contribution in [0, 0.1) is 0 Å². The van der Waals surface area contributed by atoms with Gasteiger partial charge in [0.2, 0.25) is 10.0 Å². The molecule has 15 heavy (non-hydrogen) atoms. The standard InChI is InChI=1S/C8H10Br2N2O2S/c1-12(2)15(13,14)8-4-5(9)7(11)3-6(8)10/h3-4H,11H2,1-2H3. The summed E-state index contributed by atoms with van der Waals surface area (Å²) < 4.78 is 25.9. The first-order valence-corrected chi connectivity index (χ1v) is 6.96. The van der Waals surface area contributed by atoms with Gasteiger partial charge in [0.15, 0.2) is 0 Å². The van der Waals surface area contributed by atoms with Crippen molar-refractivity contribution in [3.63, 3.8) is 0 Å². The van der Waals surface area contributed by atoms with E-state index in [-0.39, 0.29) is 4.90 Å². The first-order valence-electron chi connectivity index (χ1n) is 3.94. The van der Waals surface area contributed by atoms with Gasteiger partial charge in [0.25, 0.3) is 0 Å². The van der Waals surface area contributed by atoms with Gasteiger partial charge in [-0.3, -0.25) is 0 Å². The van der Waals surface area contributed by atoms with Crippen molar-refractivity contribution in [1.29, 1.82) is 0 Å². The number of nitrogens with two attached hydrogens (primary N) is 1. The molecule has 0 spiro atoms. The van der Waals surface area contributed by atoms with Crippen LogP contribution in [0.2, 0.25) is 0 Å². The molecule has 7 heteroatoms. The Hall–Kier alpha value is -0.110. The molecule has 1 rings (SSSR count). The van der Waals surface area contributed by atoms with Crippen LogP contribution in [-0.2, 0) is 10.0 Å². The molecule has 0 aliphatic carbocycles. The summed E-state index contributed by atoms with van der Waals surface area (Å²) in [5, 5.41) is 0. The minimum Gasteiger partial charge on any atom is -0.398 e. The van der Waals surface area contributed by atoms with Crippen molar-refractivity contribution >= 4 is 47.6 Å². The number of anilines is 1. The van der Waals surface area contributed by atoms with Gasteiger partial charge in [0, 0.05) is 28.7 Å². The average Bonchev–Trinajstić information content (AvgIpc) is 2.10. The minimum atomic E-state index is -3.45. The van der Waals surface area contributed by atoms with Gasteiger partial charge >= 0.3 is 0 Å². The SMILES string of the molecule is CN(C)S(=O)(=O)c1cc(Br)c(N)cc1Br. The molecule has 0 atom stereocenters. The molecule has 2 N–H and O–H groups in total. The maximum absolute atomic E-state index is 11.9. The fourth-order valence-electron chi connectivity index (χ4n) is 0.938. The van der Waals surface area contributed by atoms with Gasteiger partial charge in [-0.25, -0.2) is 12.7 Å². The fraction of sp³-hybridized carbons (Fsp3) is 0.250. The van der Waals surface area contributed by atoms with Gasteiger partial charge in [-0.05, 0) is 44.0 Å². The third kappa shape index (κ3) is 2.52. The Morgan fingerprint density at radius 1 is 1.20 bits per heavy atom. The molecule has 0 aromatic heterocycles. The lowest BCUT2D eigenvalue weighted by Crippen LogP contribution is -2.22. The van der Waals surface area contributed by atoms with Crippen LogP contribution in [-0.4, -0.2) is 26.8 Å².